The quantitative estimate of drug-likeness (QED) is 0.196. The van der Waals surface area contributed by atoms with Gasteiger partial charge in [0.25, 0.3) is 0 Å². The maximum absolute atomic E-state index is 12.0. The van der Waals surface area contributed by atoms with Crippen LogP contribution in [0.1, 0.15) is 37.7 Å². The number of nitrogens with one attached hydrogen (secondary N) is 2. The number of hydrogen-bond acceptors (Lipinski definition) is 5. The Kier molecular flexibility index (Phi) is 13.0. The molecule has 0 bridgehead atoms. The molecule has 0 aliphatic carbocycles. The van der Waals surface area contributed by atoms with Crippen LogP contribution in [0.2, 0.25) is 0 Å². The molecule has 10 heteroatoms. The van der Waals surface area contributed by atoms with Gasteiger partial charge in [0.15, 0.2) is 5.96 Å². The first-order valence-electron chi connectivity index (χ1n) is 11.1. The zero-order valence-corrected chi connectivity index (χ0v) is 22.1. The number of aliphatic imine (C=N–C) groups is 1. The molecule has 1 aromatic heterocycles. The van der Waals surface area contributed by atoms with Crippen LogP contribution in [0.5, 0.6) is 0 Å². The van der Waals surface area contributed by atoms with Crippen molar-refractivity contribution in [1.29, 1.82) is 0 Å². The van der Waals surface area contributed by atoms with Crippen LogP contribution >= 0.6 is 24.0 Å². The molecule has 0 unspecified atom stereocenters. The minimum atomic E-state index is 0. The molecule has 0 atom stereocenters. The SMILES string of the molecule is CCNC(=NCc1c(CC)nn(C)c1CC)N1CCN(CC(=O)NCCOC)CC1.I. The van der Waals surface area contributed by atoms with Crippen LogP contribution in [0.25, 0.3) is 0 Å². The van der Waals surface area contributed by atoms with Crippen LogP contribution in [0.3, 0.4) is 0 Å². The first kappa shape index (κ1) is 27.6. The molecule has 1 aromatic rings. The summed E-state index contributed by atoms with van der Waals surface area (Å²) in [5, 5.41) is 11.0. The number of piperazine rings is 1. The minimum absolute atomic E-state index is 0. The Labute approximate surface area is 204 Å². The molecule has 1 aliphatic rings. The number of halogens is 1. The molecule has 2 N–H and O–H groups in total. The molecule has 1 fully saturated rings. The predicted molar refractivity (Wildman–Crippen MR) is 135 cm³/mol. The maximum Gasteiger partial charge on any atom is 0.234 e. The van der Waals surface area contributed by atoms with Crippen LogP contribution in [0, 0.1) is 0 Å². The summed E-state index contributed by atoms with van der Waals surface area (Å²) in [6, 6.07) is 0. The number of carbonyl (C=O) groups is 1. The molecule has 0 saturated carbocycles. The molecule has 31 heavy (non-hydrogen) atoms. The number of amides is 1. The normalized spacial score (nSPS) is 15.0. The summed E-state index contributed by atoms with van der Waals surface area (Å²) in [7, 11) is 3.65. The highest BCUT2D eigenvalue weighted by atomic mass is 127. The first-order valence-corrected chi connectivity index (χ1v) is 11.1. The van der Waals surface area contributed by atoms with Crippen molar-refractivity contribution in [3.8, 4) is 0 Å². The van der Waals surface area contributed by atoms with Gasteiger partial charge < -0.3 is 20.3 Å². The van der Waals surface area contributed by atoms with Gasteiger partial charge in [0.05, 0.1) is 25.4 Å². The Balaban J connectivity index is 0.00000480. The lowest BCUT2D eigenvalue weighted by atomic mass is 10.1. The predicted octanol–water partition coefficient (Wildman–Crippen LogP) is 1.01. The molecule has 9 nitrogen and oxygen atoms in total. The van der Waals surface area contributed by atoms with Gasteiger partial charge in [-0.15, -0.1) is 24.0 Å². The number of nitrogens with zero attached hydrogens (tertiary/aromatic N) is 5. The third-order valence-corrected chi connectivity index (χ3v) is 5.42. The molecule has 1 amide bonds. The second kappa shape index (κ2) is 14.6. The highest BCUT2D eigenvalue weighted by Crippen LogP contribution is 2.17. The van der Waals surface area contributed by atoms with E-state index in [4.69, 9.17) is 9.73 Å². The Morgan fingerprint density at radius 1 is 1.13 bits per heavy atom. The zero-order valence-electron chi connectivity index (χ0n) is 19.7. The van der Waals surface area contributed by atoms with Gasteiger partial charge in [-0.2, -0.15) is 5.10 Å². The molecule has 1 saturated heterocycles. The van der Waals surface area contributed by atoms with E-state index < -0.39 is 0 Å². The molecule has 0 radical (unpaired) electrons. The van der Waals surface area contributed by atoms with Crippen LogP contribution in [0.15, 0.2) is 4.99 Å². The topological polar surface area (TPSA) is 87.0 Å². The molecule has 2 heterocycles. The number of hydrogen-bond donors (Lipinski definition) is 2. The van der Waals surface area contributed by atoms with E-state index in [2.05, 4.69) is 46.3 Å². The summed E-state index contributed by atoms with van der Waals surface area (Å²) in [5.74, 6) is 0.992. The highest BCUT2D eigenvalue weighted by Gasteiger charge is 2.21. The lowest BCUT2D eigenvalue weighted by molar-refractivity contribution is -0.122. The summed E-state index contributed by atoms with van der Waals surface area (Å²) in [6.45, 7) is 12.8. The van der Waals surface area contributed by atoms with Crippen molar-refractivity contribution < 1.29 is 9.53 Å². The van der Waals surface area contributed by atoms with Gasteiger partial charge in [0.2, 0.25) is 5.91 Å². The van der Waals surface area contributed by atoms with Crippen molar-refractivity contribution in [2.24, 2.45) is 12.0 Å². The number of methoxy groups -OCH3 is 1. The third kappa shape index (κ3) is 8.23. The van der Waals surface area contributed by atoms with Crippen molar-refractivity contribution in [1.82, 2.24) is 30.2 Å². The third-order valence-electron chi connectivity index (χ3n) is 5.42. The average molecular weight is 550 g/mol. The monoisotopic (exact) mass is 549 g/mol. The van der Waals surface area contributed by atoms with Crippen LogP contribution in [-0.2, 0) is 36.0 Å². The zero-order chi connectivity index (χ0) is 21.9. The van der Waals surface area contributed by atoms with Gasteiger partial charge in [0, 0.05) is 64.7 Å². The van der Waals surface area contributed by atoms with Crippen LogP contribution < -0.4 is 10.6 Å². The molecular weight excluding hydrogens is 509 g/mol. The molecule has 0 aromatic carbocycles. The van der Waals surface area contributed by atoms with E-state index in [-0.39, 0.29) is 29.9 Å². The Hall–Kier alpha value is -1.40. The fraction of sp³-hybridized carbons (Fsp3) is 0.762. The van der Waals surface area contributed by atoms with Gasteiger partial charge >= 0.3 is 0 Å². The fourth-order valence-corrected chi connectivity index (χ4v) is 3.82. The van der Waals surface area contributed by atoms with Gasteiger partial charge in [-0.1, -0.05) is 13.8 Å². The number of carbonyl (C=O) groups excluding carboxylic acids is 1. The van der Waals surface area contributed by atoms with E-state index in [1.807, 2.05) is 11.7 Å². The van der Waals surface area contributed by atoms with Gasteiger partial charge in [-0.25, -0.2) is 4.99 Å². The summed E-state index contributed by atoms with van der Waals surface area (Å²) in [6.07, 6.45) is 1.87. The second-order valence-electron chi connectivity index (χ2n) is 7.48. The summed E-state index contributed by atoms with van der Waals surface area (Å²) in [5.41, 5.74) is 3.65. The number of aromatic nitrogens is 2. The van der Waals surface area contributed by atoms with Crippen LogP contribution in [-0.4, -0.2) is 91.0 Å². The molecule has 1 aliphatic heterocycles. The van der Waals surface area contributed by atoms with Crippen molar-refractivity contribution >= 4 is 35.8 Å². The van der Waals surface area contributed by atoms with E-state index in [1.54, 1.807) is 7.11 Å². The number of ether oxygens (including phenoxy) is 1. The molecular formula is C21H40IN7O2. The summed E-state index contributed by atoms with van der Waals surface area (Å²) in [4.78, 5) is 21.4. The van der Waals surface area contributed by atoms with E-state index in [0.29, 0.717) is 26.2 Å². The Morgan fingerprint density at radius 2 is 1.84 bits per heavy atom. The van der Waals surface area contributed by atoms with E-state index in [0.717, 1.165) is 57.2 Å². The summed E-state index contributed by atoms with van der Waals surface area (Å²) < 4.78 is 6.96. The largest absolute Gasteiger partial charge is 0.383 e. The minimum Gasteiger partial charge on any atom is -0.383 e. The standard InChI is InChI=1S/C21H39N7O2.HI/c1-6-18-17(19(7-2)26(4)25-18)15-24-21(22-8-3)28-12-10-27(11-13-28)16-20(29)23-9-14-30-5;/h6-16H2,1-5H3,(H,22,24)(H,23,29);1H. The van der Waals surface area contributed by atoms with Crippen molar-refractivity contribution in [2.75, 3.05) is 59.5 Å². The van der Waals surface area contributed by atoms with E-state index in [1.165, 1.54) is 11.3 Å². The van der Waals surface area contributed by atoms with Gasteiger partial charge in [-0.3, -0.25) is 14.4 Å². The highest BCUT2D eigenvalue weighted by molar-refractivity contribution is 14.0. The number of guanidine groups is 1. The Bertz CT molecular complexity index is 700. The molecule has 0 spiro atoms. The van der Waals surface area contributed by atoms with Gasteiger partial charge in [0.1, 0.15) is 0 Å². The Morgan fingerprint density at radius 3 is 2.42 bits per heavy atom. The number of aryl methyl sites for hydroxylation is 2. The lowest BCUT2D eigenvalue weighted by Gasteiger charge is -2.36. The number of rotatable bonds is 10. The lowest BCUT2D eigenvalue weighted by Crippen LogP contribution is -2.54. The summed E-state index contributed by atoms with van der Waals surface area (Å²) >= 11 is 0. The van der Waals surface area contributed by atoms with Gasteiger partial charge in [-0.05, 0) is 19.8 Å². The van der Waals surface area contributed by atoms with E-state index >= 15 is 0 Å². The van der Waals surface area contributed by atoms with Crippen molar-refractivity contribution in [3.05, 3.63) is 17.0 Å². The fourth-order valence-electron chi connectivity index (χ4n) is 3.82. The van der Waals surface area contributed by atoms with E-state index in [9.17, 15) is 4.79 Å². The van der Waals surface area contributed by atoms with Crippen LogP contribution in [0.4, 0.5) is 0 Å². The molecule has 2 rings (SSSR count). The first-order chi connectivity index (χ1) is 14.5. The smallest absolute Gasteiger partial charge is 0.234 e. The molecule has 178 valence electrons. The second-order valence-corrected chi connectivity index (χ2v) is 7.48. The van der Waals surface area contributed by atoms with Crippen molar-refractivity contribution in [3.63, 3.8) is 0 Å². The van der Waals surface area contributed by atoms with Crippen molar-refractivity contribution in [2.45, 2.75) is 40.2 Å². The average Bonchev–Trinajstić information content (AvgIpc) is 3.06. The maximum atomic E-state index is 12.0.